The number of nitrogens with zero attached hydrogens (tertiary/aromatic N) is 1. The summed E-state index contributed by atoms with van der Waals surface area (Å²) in [5.41, 5.74) is -0.881. The Bertz CT molecular complexity index is 831. The Hall–Kier alpha value is -1.63. The highest BCUT2D eigenvalue weighted by Gasteiger charge is 2.50. The second kappa shape index (κ2) is 9.32. The number of carbonyl (C=O) groups is 2. The molecule has 1 saturated heterocycles. The summed E-state index contributed by atoms with van der Waals surface area (Å²) in [5.74, 6) is -0.523. The molecule has 0 unspecified atom stereocenters. The molecule has 7 heteroatoms. The van der Waals surface area contributed by atoms with Crippen molar-refractivity contribution in [2.75, 3.05) is 13.1 Å². The van der Waals surface area contributed by atoms with Crippen LogP contribution in [0.15, 0.2) is 24.3 Å². The third kappa shape index (κ3) is 4.82. The van der Waals surface area contributed by atoms with Gasteiger partial charge >= 0.3 is 0 Å². The molecule has 1 aromatic carbocycles. The molecule has 2 fully saturated rings. The largest absolute Gasteiger partial charge is 0.393 e. The summed E-state index contributed by atoms with van der Waals surface area (Å²) in [6, 6.07) is 6.60. The summed E-state index contributed by atoms with van der Waals surface area (Å²) in [6.45, 7) is 10.5. The standard InChI is InChI=1S/C25H37ClN2O4/c1-15(2)21(27-22(30)17-12-16(3)20(29)13-17)23(31)28-11-10-25(32,24(4,5)14-28)18-6-8-19(26)9-7-18/h6-9,15-17,20-21,29,32H,10-14H2,1-5H3,(H,27,30)/t16-,17+,20-,21-,25+/m1/s1. The van der Waals surface area contributed by atoms with Gasteiger partial charge in [-0.05, 0) is 48.8 Å². The molecule has 2 aliphatic rings. The molecule has 0 spiro atoms. The molecule has 0 bridgehead atoms. The van der Waals surface area contributed by atoms with E-state index < -0.39 is 23.2 Å². The number of rotatable bonds is 5. The Morgan fingerprint density at radius 1 is 1.19 bits per heavy atom. The highest BCUT2D eigenvalue weighted by Crippen LogP contribution is 2.46. The molecule has 178 valence electrons. The third-order valence-electron chi connectivity index (χ3n) is 7.52. The van der Waals surface area contributed by atoms with Crippen molar-refractivity contribution >= 4 is 23.4 Å². The second-order valence-electron chi connectivity index (χ2n) is 10.7. The zero-order chi connectivity index (χ0) is 23.8. The van der Waals surface area contributed by atoms with Gasteiger partial charge in [0.15, 0.2) is 0 Å². The van der Waals surface area contributed by atoms with Gasteiger partial charge in [0.1, 0.15) is 6.04 Å². The minimum absolute atomic E-state index is 0.0737. The van der Waals surface area contributed by atoms with Crippen LogP contribution >= 0.6 is 11.6 Å². The highest BCUT2D eigenvalue weighted by atomic mass is 35.5. The quantitative estimate of drug-likeness (QED) is 0.623. The van der Waals surface area contributed by atoms with Crippen LogP contribution in [0.25, 0.3) is 0 Å². The van der Waals surface area contributed by atoms with Crippen LogP contribution in [0.3, 0.4) is 0 Å². The van der Waals surface area contributed by atoms with Gasteiger partial charge in [0.25, 0.3) is 0 Å². The van der Waals surface area contributed by atoms with E-state index in [4.69, 9.17) is 11.6 Å². The molecule has 1 aromatic rings. The van der Waals surface area contributed by atoms with Gasteiger partial charge in [-0.1, -0.05) is 58.4 Å². The van der Waals surface area contributed by atoms with Crippen molar-refractivity contribution in [3.05, 3.63) is 34.9 Å². The highest BCUT2D eigenvalue weighted by molar-refractivity contribution is 6.30. The number of aliphatic hydroxyl groups excluding tert-OH is 1. The summed E-state index contributed by atoms with van der Waals surface area (Å²) in [4.78, 5) is 28.1. The van der Waals surface area contributed by atoms with Crippen LogP contribution in [0.2, 0.25) is 5.02 Å². The van der Waals surface area contributed by atoms with E-state index in [0.717, 1.165) is 5.56 Å². The van der Waals surface area contributed by atoms with Crippen LogP contribution < -0.4 is 5.32 Å². The van der Waals surface area contributed by atoms with Crippen molar-refractivity contribution in [2.45, 2.75) is 71.6 Å². The number of aliphatic hydroxyl groups is 2. The minimum Gasteiger partial charge on any atom is -0.393 e. The van der Waals surface area contributed by atoms with Crippen molar-refractivity contribution in [3.63, 3.8) is 0 Å². The first-order valence-electron chi connectivity index (χ1n) is 11.6. The zero-order valence-electron chi connectivity index (χ0n) is 19.8. The maximum Gasteiger partial charge on any atom is 0.245 e. The molecule has 1 aliphatic heterocycles. The summed E-state index contributed by atoms with van der Waals surface area (Å²) in [6.07, 6.45) is 1.01. The average Bonchev–Trinajstić information content (AvgIpc) is 3.06. The maximum absolute atomic E-state index is 13.5. The Morgan fingerprint density at radius 3 is 2.31 bits per heavy atom. The van der Waals surface area contributed by atoms with Gasteiger partial charge in [-0.25, -0.2) is 0 Å². The number of likely N-dealkylation sites (tertiary alicyclic amines) is 1. The number of hydrogen-bond donors (Lipinski definition) is 3. The van der Waals surface area contributed by atoms with Gasteiger partial charge in [-0.15, -0.1) is 0 Å². The minimum atomic E-state index is -1.08. The number of hydrogen-bond acceptors (Lipinski definition) is 4. The van der Waals surface area contributed by atoms with Crippen LogP contribution in [-0.2, 0) is 15.2 Å². The van der Waals surface area contributed by atoms with Crippen molar-refractivity contribution in [2.24, 2.45) is 23.2 Å². The molecule has 5 atom stereocenters. The van der Waals surface area contributed by atoms with Crippen molar-refractivity contribution in [1.29, 1.82) is 0 Å². The van der Waals surface area contributed by atoms with Gasteiger partial charge in [0.05, 0.1) is 11.7 Å². The molecule has 0 aromatic heterocycles. The van der Waals surface area contributed by atoms with Gasteiger partial charge in [0.2, 0.25) is 11.8 Å². The fraction of sp³-hybridized carbons (Fsp3) is 0.680. The van der Waals surface area contributed by atoms with Crippen molar-refractivity contribution < 1.29 is 19.8 Å². The Morgan fingerprint density at radius 2 is 1.81 bits per heavy atom. The first kappa shape index (κ1) is 25.0. The van der Waals surface area contributed by atoms with Gasteiger partial charge in [0, 0.05) is 29.4 Å². The third-order valence-corrected chi connectivity index (χ3v) is 7.78. The number of carbonyl (C=O) groups excluding carboxylic acids is 2. The zero-order valence-corrected chi connectivity index (χ0v) is 20.5. The number of halogens is 1. The van der Waals surface area contributed by atoms with E-state index in [9.17, 15) is 19.8 Å². The van der Waals surface area contributed by atoms with Gasteiger partial charge in [-0.2, -0.15) is 0 Å². The molecular formula is C25H37ClN2O4. The van der Waals surface area contributed by atoms with E-state index in [-0.39, 0.29) is 29.6 Å². The molecule has 1 heterocycles. The van der Waals surface area contributed by atoms with E-state index in [0.29, 0.717) is 37.4 Å². The van der Waals surface area contributed by atoms with E-state index >= 15 is 0 Å². The lowest BCUT2D eigenvalue weighted by molar-refractivity contribution is -0.157. The molecule has 6 nitrogen and oxygen atoms in total. The Kier molecular flexibility index (Phi) is 7.28. The predicted molar refractivity (Wildman–Crippen MR) is 125 cm³/mol. The molecule has 3 N–H and O–H groups in total. The van der Waals surface area contributed by atoms with E-state index in [1.807, 2.05) is 46.8 Å². The summed E-state index contributed by atoms with van der Waals surface area (Å²) in [5, 5.41) is 25.2. The van der Waals surface area contributed by atoms with E-state index in [2.05, 4.69) is 5.32 Å². The topological polar surface area (TPSA) is 89.9 Å². The monoisotopic (exact) mass is 464 g/mol. The predicted octanol–water partition coefficient (Wildman–Crippen LogP) is 3.33. The Labute approximate surface area is 196 Å². The lowest BCUT2D eigenvalue weighted by Crippen LogP contribution is -2.60. The Balaban J connectivity index is 1.72. The smallest absolute Gasteiger partial charge is 0.245 e. The second-order valence-corrected chi connectivity index (χ2v) is 11.1. The lowest BCUT2D eigenvalue weighted by Gasteiger charge is -2.51. The van der Waals surface area contributed by atoms with Gasteiger partial charge < -0.3 is 20.4 Å². The number of nitrogens with one attached hydrogen (secondary N) is 1. The number of piperidine rings is 1. The first-order chi connectivity index (χ1) is 14.9. The number of amides is 2. The average molecular weight is 465 g/mol. The summed E-state index contributed by atoms with van der Waals surface area (Å²) >= 11 is 6.02. The fourth-order valence-electron chi connectivity index (χ4n) is 5.19. The van der Waals surface area contributed by atoms with Crippen LogP contribution in [0.4, 0.5) is 0 Å². The number of benzene rings is 1. The molecular weight excluding hydrogens is 428 g/mol. The van der Waals surface area contributed by atoms with Crippen molar-refractivity contribution in [1.82, 2.24) is 10.2 Å². The SMILES string of the molecule is CC(C)[C@@H](NC(=O)[C@H]1C[C@@H](C)[C@H](O)C1)C(=O)N1CC[C@](O)(c2ccc(Cl)cc2)C(C)(C)C1. The van der Waals surface area contributed by atoms with Crippen LogP contribution in [0.1, 0.15) is 59.4 Å². The van der Waals surface area contributed by atoms with Crippen molar-refractivity contribution in [3.8, 4) is 0 Å². The molecule has 0 radical (unpaired) electrons. The molecule has 1 aliphatic carbocycles. The molecule has 1 saturated carbocycles. The van der Waals surface area contributed by atoms with Crippen LogP contribution in [-0.4, -0.2) is 52.2 Å². The fourth-order valence-corrected chi connectivity index (χ4v) is 5.32. The van der Waals surface area contributed by atoms with Gasteiger partial charge in [-0.3, -0.25) is 9.59 Å². The van der Waals surface area contributed by atoms with E-state index in [1.54, 1.807) is 17.0 Å². The molecule has 2 amide bonds. The summed E-state index contributed by atoms with van der Waals surface area (Å²) in [7, 11) is 0. The van der Waals surface area contributed by atoms with E-state index in [1.165, 1.54) is 0 Å². The first-order valence-corrected chi connectivity index (χ1v) is 12.0. The molecule has 3 rings (SSSR count). The lowest BCUT2D eigenvalue weighted by atomic mass is 9.66. The van der Waals surface area contributed by atoms with Crippen LogP contribution in [0, 0.1) is 23.2 Å². The molecule has 32 heavy (non-hydrogen) atoms. The maximum atomic E-state index is 13.5. The summed E-state index contributed by atoms with van der Waals surface area (Å²) < 4.78 is 0. The normalized spacial score (nSPS) is 30.9. The van der Waals surface area contributed by atoms with Crippen LogP contribution in [0.5, 0.6) is 0 Å².